The van der Waals surface area contributed by atoms with Crippen LogP contribution in [0.5, 0.6) is 0 Å². The Morgan fingerprint density at radius 3 is 3.05 bits per heavy atom. The molecule has 1 aliphatic heterocycles. The summed E-state index contributed by atoms with van der Waals surface area (Å²) in [6.07, 6.45) is 3.44. The van der Waals surface area contributed by atoms with Crippen LogP contribution in [0.3, 0.4) is 0 Å². The van der Waals surface area contributed by atoms with Crippen LogP contribution in [0.15, 0.2) is 30.6 Å². The molecule has 2 N–H and O–H groups in total. The second kappa shape index (κ2) is 6.27. The molecule has 1 aliphatic rings. The van der Waals surface area contributed by atoms with E-state index in [0.717, 1.165) is 36.5 Å². The lowest BCUT2D eigenvalue weighted by Gasteiger charge is -2.27. The molecular formula is C16H21N5O. The van der Waals surface area contributed by atoms with Crippen molar-refractivity contribution in [3.8, 4) is 11.4 Å². The summed E-state index contributed by atoms with van der Waals surface area (Å²) < 4.78 is 1.86. The van der Waals surface area contributed by atoms with Crippen LogP contribution in [-0.2, 0) is 11.8 Å². The zero-order valence-electron chi connectivity index (χ0n) is 12.9. The number of nitrogens with zero attached hydrogens (tertiary/aromatic N) is 3. The van der Waals surface area contributed by atoms with Gasteiger partial charge in [0.2, 0.25) is 5.91 Å². The normalized spacial score (nSPS) is 21.5. The van der Waals surface area contributed by atoms with E-state index < -0.39 is 0 Å². The largest absolute Gasteiger partial charge is 0.326 e. The minimum Gasteiger partial charge on any atom is -0.326 e. The maximum atomic E-state index is 12.4. The Kier molecular flexibility index (Phi) is 4.20. The third-order valence-electron chi connectivity index (χ3n) is 4.09. The van der Waals surface area contributed by atoms with Crippen molar-refractivity contribution in [3.63, 3.8) is 0 Å². The Balaban J connectivity index is 1.73. The van der Waals surface area contributed by atoms with Crippen molar-refractivity contribution in [2.75, 3.05) is 11.9 Å². The molecule has 0 bridgehead atoms. The predicted octanol–water partition coefficient (Wildman–Crippen LogP) is 1.81. The molecule has 0 radical (unpaired) electrons. The molecule has 3 rings (SSSR count). The number of benzene rings is 1. The summed E-state index contributed by atoms with van der Waals surface area (Å²) in [6.45, 7) is 3.02. The third kappa shape index (κ3) is 3.17. The smallest absolute Gasteiger partial charge is 0.227 e. The number of carbonyl (C=O) groups excluding carboxylic acids is 1. The molecule has 1 saturated heterocycles. The summed E-state index contributed by atoms with van der Waals surface area (Å²) in [7, 11) is 1.90. The highest BCUT2D eigenvalue weighted by Crippen LogP contribution is 2.22. The monoisotopic (exact) mass is 299 g/mol. The molecule has 0 unspecified atom stereocenters. The molecule has 1 aromatic heterocycles. The maximum absolute atomic E-state index is 12.4. The van der Waals surface area contributed by atoms with Gasteiger partial charge in [-0.25, -0.2) is 0 Å². The Bertz CT molecular complexity index is 666. The Morgan fingerprint density at radius 1 is 1.45 bits per heavy atom. The predicted molar refractivity (Wildman–Crippen MR) is 85.3 cm³/mol. The van der Waals surface area contributed by atoms with Crippen molar-refractivity contribution in [1.82, 2.24) is 20.1 Å². The molecule has 2 atom stereocenters. The van der Waals surface area contributed by atoms with E-state index in [0.29, 0.717) is 6.04 Å². The number of anilines is 1. The van der Waals surface area contributed by atoms with Crippen LogP contribution in [0.2, 0.25) is 0 Å². The summed E-state index contributed by atoms with van der Waals surface area (Å²) in [4.78, 5) is 12.4. The van der Waals surface area contributed by atoms with Crippen LogP contribution < -0.4 is 10.6 Å². The Morgan fingerprint density at radius 2 is 2.32 bits per heavy atom. The zero-order valence-corrected chi connectivity index (χ0v) is 12.9. The first-order valence-electron chi connectivity index (χ1n) is 7.62. The lowest BCUT2D eigenvalue weighted by Crippen LogP contribution is -2.40. The lowest BCUT2D eigenvalue weighted by molar-refractivity contribution is -0.120. The average molecular weight is 299 g/mol. The van der Waals surface area contributed by atoms with Gasteiger partial charge in [0, 0.05) is 30.3 Å². The second-order valence-electron chi connectivity index (χ2n) is 5.91. The summed E-state index contributed by atoms with van der Waals surface area (Å²) in [6, 6.07) is 8.13. The van der Waals surface area contributed by atoms with Crippen LogP contribution in [0.25, 0.3) is 11.4 Å². The van der Waals surface area contributed by atoms with Gasteiger partial charge in [-0.1, -0.05) is 12.1 Å². The molecule has 0 aliphatic carbocycles. The Hall–Kier alpha value is -2.21. The van der Waals surface area contributed by atoms with Crippen molar-refractivity contribution in [2.24, 2.45) is 13.0 Å². The van der Waals surface area contributed by atoms with E-state index in [1.807, 2.05) is 35.9 Å². The van der Waals surface area contributed by atoms with Crippen molar-refractivity contribution in [1.29, 1.82) is 0 Å². The second-order valence-corrected chi connectivity index (χ2v) is 5.91. The molecule has 1 fully saturated rings. The van der Waals surface area contributed by atoms with Crippen molar-refractivity contribution in [3.05, 3.63) is 30.6 Å². The summed E-state index contributed by atoms with van der Waals surface area (Å²) in [5, 5.41) is 14.4. The number of amides is 1. The number of nitrogens with one attached hydrogen (secondary N) is 2. The summed E-state index contributed by atoms with van der Waals surface area (Å²) >= 11 is 0. The molecule has 0 spiro atoms. The van der Waals surface area contributed by atoms with Gasteiger partial charge < -0.3 is 15.2 Å². The standard InChI is InChI=1S/C16H21N5O/c1-11-8-13(6-7-17-11)16(22)19-14-5-3-4-12(9-14)15-20-18-10-21(15)2/h3-5,9-11,13,17H,6-8H2,1-2H3,(H,19,22)/t11-,13-/m0/s1. The van der Waals surface area contributed by atoms with Gasteiger partial charge in [0.05, 0.1) is 0 Å². The van der Waals surface area contributed by atoms with Crippen LogP contribution in [0.4, 0.5) is 5.69 Å². The molecule has 0 saturated carbocycles. The van der Waals surface area contributed by atoms with E-state index in [4.69, 9.17) is 0 Å². The molecule has 6 heteroatoms. The van der Waals surface area contributed by atoms with Crippen LogP contribution in [0, 0.1) is 5.92 Å². The molecule has 2 heterocycles. The molecule has 2 aromatic rings. The Labute approximate surface area is 129 Å². The number of aromatic nitrogens is 3. The van der Waals surface area contributed by atoms with E-state index >= 15 is 0 Å². The van der Waals surface area contributed by atoms with Crippen molar-refractivity contribution >= 4 is 11.6 Å². The van der Waals surface area contributed by atoms with Gasteiger partial charge in [0.15, 0.2) is 5.82 Å². The summed E-state index contributed by atoms with van der Waals surface area (Å²) in [5.41, 5.74) is 1.74. The summed E-state index contributed by atoms with van der Waals surface area (Å²) in [5.74, 6) is 0.963. The number of rotatable bonds is 3. The molecule has 1 aromatic carbocycles. The topological polar surface area (TPSA) is 71.8 Å². The third-order valence-corrected chi connectivity index (χ3v) is 4.09. The van der Waals surface area contributed by atoms with E-state index in [1.165, 1.54) is 0 Å². The van der Waals surface area contributed by atoms with E-state index in [9.17, 15) is 4.79 Å². The quantitative estimate of drug-likeness (QED) is 0.906. The van der Waals surface area contributed by atoms with Gasteiger partial charge in [-0.05, 0) is 38.4 Å². The SMILES string of the molecule is C[C@H]1C[C@@H](C(=O)Nc2cccc(-c3nncn3C)c2)CCN1. The maximum Gasteiger partial charge on any atom is 0.227 e. The van der Waals surface area contributed by atoms with Gasteiger partial charge in [-0.2, -0.15) is 0 Å². The van der Waals surface area contributed by atoms with E-state index in [1.54, 1.807) is 6.33 Å². The molecule has 22 heavy (non-hydrogen) atoms. The molecule has 6 nitrogen and oxygen atoms in total. The number of piperidine rings is 1. The number of aryl methyl sites for hydroxylation is 1. The highest BCUT2D eigenvalue weighted by Gasteiger charge is 2.24. The highest BCUT2D eigenvalue weighted by molar-refractivity contribution is 5.93. The van der Waals surface area contributed by atoms with Gasteiger partial charge in [0.1, 0.15) is 6.33 Å². The minimum absolute atomic E-state index is 0.0785. The fourth-order valence-electron chi connectivity index (χ4n) is 2.89. The van der Waals surface area contributed by atoms with Crippen LogP contribution in [0.1, 0.15) is 19.8 Å². The van der Waals surface area contributed by atoms with E-state index in [-0.39, 0.29) is 11.8 Å². The van der Waals surface area contributed by atoms with Crippen molar-refractivity contribution < 1.29 is 4.79 Å². The average Bonchev–Trinajstić information content (AvgIpc) is 2.94. The molecule has 1 amide bonds. The zero-order chi connectivity index (χ0) is 15.5. The highest BCUT2D eigenvalue weighted by atomic mass is 16.1. The first-order valence-corrected chi connectivity index (χ1v) is 7.62. The van der Waals surface area contributed by atoms with Gasteiger partial charge in [-0.3, -0.25) is 4.79 Å². The van der Waals surface area contributed by atoms with Gasteiger partial charge in [-0.15, -0.1) is 10.2 Å². The van der Waals surface area contributed by atoms with Crippen LogP contribution in [-0.4, -0.2) is 33.3 Å². The number of hydrogen-bond acceptors (Lipinski definition) is 4. The van der Waals surface area contributed by atoms with Gasteiger partial charge in [0.25, 0.3) is 0 Å². The number of carbonyl (C=O) groups is 1. The van der Waals surface area contributed by atoms with Gasteiger partial charge >= 0.3 is 0 Å². The number of hydrogen-bond donors (Lipinski definition) is 2. The van der Waals surface area contributed by atoms with E-state index in [2.05, 4.69) is 27.8 Å². The lowest BCUT2D eigenvalue weighted by atomic mass is 9.92. The first-order chi connectivity index (χ1) is 10.6. The first kappa shape index (κ1) is 14.7. The minimum atomic E-state index is 0.0785. The fraction of sp³-hybridized carbons (Fsp3) is 0.438. The van der Waals surface area contributed by atoms with Crippen LogP contribution >= 0.6 is 0 Å². The molecule has 116 valence electrons. The molecular weight excluding hydrogens is 278 g/mol. The fourth-order valence-corrected chi connectivity index (χ4v) is 2.89. The van der Waals surface area contributed by atoms with Crippen molar-refractivity contribution in [2.45, 2.75) is 25.8 Å².